The minimum absolute atomic E-state index is 0.117. The van der Waals surface area contributed by atoms with Crippen molar-refractivity contribution in [2.75, 3.05) is 0 Å². The zero-order valence-electron chi connectivity index (χ0n) is 8.06. The fraction of sp³-hybridized carbons (Fsp3) is 0.333. The Kier molecular flexibility index (Phi) is 2.14. The molecule has 0 amide bonds. The maximum absolute atomic E-state index is 13.0. The highest BCUT2D eigenvalue weighted by molar-refractivity contribution is 5.33. The Morgan fingerprint density at radius 2 is 2.00 bits per heavy atom. The van der Waals surface area contributed by atoms with Crippen molar-refractivity contribution in [3.05, 3.63) is 47.5 Å². The molecule has 0 saturated carbocycles. The van der Waals surface area contributed by atoms with Crippen LogP contribution in [-0.4, -0.2) is 0 Å². The molecule has 0 radical (unpaired) electrons. The Bertz CT molecular complexity index is 382. The Balaban J connectivity index is 2.42. The quantitative estimate of drug-likeness (QED) is 0.599. The summed E-state index contributed by atoms with van der Waals surface area (Å²) in [7, 11) is 0. The molecule has 1 aromatic carbocycles. The van der Waals surface area contributed by atoms with Crippen molar-refractivity contribution in [3.63, 3.8) is 0 Å². The minimum Gasteiger partial charge on any atom is -0.204 e. The van der Waals surface area contributed by atoms with E-state index in [0.29, 0.717) is 0 Å². The second-order valence-corrected chi connectivity index (χ2v) is 3.99. The maximum Gasteiger partial charge on any atom is 0.159 e. The van der Waals surface area contributed by atoms with Crippen LogP contribution in [0, 0.1) is 11.6 Å². The average Bonchev–Trinajstić information content (AvgIpc) is 2.58. The lowest BCUT2D eigenvalue weighted by Crippen LogP contribution is -2.15. The topological polar surface area (TPSA) is 0 Å². The summed E-state index contributed by atoms with van der Waals surface area (Å²) in [5, 5.41) is 0. The van der Waals surface area contributed by atoms with Crippen LogP contribution in [-0.2, 0) is 5.41 Å². The van der Waals surface area contributed by atoms with Crippen molar-refractivity contribution in [2.45, 2.75) is 25.2 Å². The van der Waals surface area contributed by atoms with Crippen LogP contribution in [0.4, 0.5) is 8.78 Å². The fourth-order valence-electron chi connectivity index (χ4n) is 1.90. The highest BCUT2D eigenvalue weighted by Crippen LogP contribution is 2.35. The highest BCUT2D eigenvalue weighted by Gasteiger charge is 2.26. The van der Waals surface area contributed by atoms with Crippen molar-refractivity contribution in [3.8, 4) is 0 Å². The molecule has 2 rings (SSSR count). The Hall–Kier alpha value is -1.18. The molecular formula is C12H12F2. The molecule has 0 nitrogen and oxygen atoms in total. The van der Waals surface area contributed by atoms with E-state index in [1.165, 1.54) is 12.1 Å². The van der Waals surface area contributed by atoms with Crippen LogP contribution in [0.25, 0.3) is 0 Å². The minimum atomic E-state index is -0.778. The van der Waals surface area contributed by atoms with Crippen molar-refractivity contribution in [2.24, 2.45) is 0 Å². The molecule has 14 heavy (non-hydrogen) atoms. The highest BCUT2D eigenvalue weighted by atomic mass is 19.2. The molecule has 0 aliphatic heterocycles. The van der Waals surface area contributed by atoms with Crippen LogP contribution in [0.1, 0.15) is 25.3 Å². The second-order valence-electron chi connectivity index (χ2n) is 3.99. The molecule has 0 fully saturated rings. The smallest absolute Gasteiger partial charge is 0.159 e. The molecule has 1 atom stereocenters. The molecule has 0 spiro atoms. The van der Waals surface area contributed by atoms with Crippen molar-refractivity contribution >= 4 is 0 Å². The molecule has 0 aromatic heterocycles. The van der Waals surface area contributed by atoms with Gasteiger partial charge in [-0.05, 0) is 30.5 Å². The van der Waals surface area contributed by atoms with Gasteiger partial charge in [0.15, 0.2) is 11.6 Å². The molecule has 0 bridgehead atoms. The van der Waals surface area contributed by atoms with Gasteiger partial charge in [0.2, 0.25) is 0 Å². The van der Waals surface area contributed by atoms with E-state index < -0.39 is 11.6 Å². The molecule has 0 unspecified atom stereocenters. The summed E-state index contributed by atoms with van der Waals surface area (Å²) in [5.74, 6) is -1.54. The van der Waals surface area contributed by atoms with Gasteiger partial charge in [-0.3, -0.25) is 0 Å². The summed E-state index contributed by atoms with van der Waals surface area (Å²) in [6.45, 7) is 2.04. The zero-order chi connectivity index (χ0) is 10.2. The predicted molar refractivity (Wildman–Crippen MR) is 52.1 cm³/mol. The van der Waals surface area contributed by atoms with Crippen LogP contribution in [0.3, 0.4) is 0 Å². The summed E-state index contributed by atoms with van der Waals surface area (Å²) >= 11 is 0. The Morgan fingerprint density at radius 3 is 2.57 bits per heavy atom. The van der Waals surface area contributed by atoms with Crippen LogP contribution in [0.5, 0.6) is 0 Å². The number of halogens is 2. The summed E-state index contributed by atoms with van der Waals surface area (Å²) in [6.07, 6.45) is 6.13. The van der Waals surface area contributed by atoms with Gasteiger partial charge in [-0.15, -0.1) is 0 Å². The number of benzene rings is 1. The standard InChI is InChI=1S/C12H12F2/c1-12(6-2-3-7-12)9-4-5-10(13)11(14)8-9/h2,4-6,8H,3,7H2,1H3/t12-/m0/s1. The number of rotatable bonds is 1. The number of allylic oxidation sites excluding steroid dienone is 2. The van der Waals surface area contributed by atoms with Crippen molar-refractivity contribution in [1.29, 1.82) is 0 Å². The van der Waals surface area contributed by atoms with Gasteiger partial charge in [0.1, 0.15) is 0 Å². The van der Waals surface area contributed by atoms with E-state index in [2.05, 4.69) is 12.2 Å². The van der Waals surface area contributed by atoms with Crippen LogP contribution in [0.2, 0.25) is 0 Å². The van der Waals surface area contributed by atoms with Gasteiger partial charge >= 0.3 is 0 Å². The first-order chi connectivity index (χ1) is 6.62. The molecule has 1 aliphatic carbocycles. The van der Waals surface area contributed by atoms with Crippen LogP contribution >= 0.6 is 0 Å². The van der Waals surface area contributed by atoms with E-state index >= 15 is 0 Å². The average molecular weight is 194 g/mol. The lowest BCUT2D eigenvalue weighted by molar-refractivity contribution is 0.498. The van der Waals surface area contributed by atoms with E-state index in [4.69, 9.17) is 0 Å². The van der Waals surface area contributed by atoms with E-state index in [1.54, 1.807) is 6.07 Å². The van der Waals surface area contributed by atoms with Crippen molar-refractivity contribution < 1.29 is 8.78 Å². The van der Waals surface area contributed by atoms with E-state index in [9.17, 15) is 8.78 Å². The third kappa shape index (κ3) is 1.45. The first kappa shape index (κ1) is 9.38. The summed E-state index contributed by atoms with van der Waals surface area (Å²) < 4.78 is 25.7. The first-order valence-corrected chi connectivity index (χ1v) is 4.75. The molecule has 1 aromatic rings. The molecular weight excluding hydrogens is 182 g/mol. The van der Waals surface area contributed by atoms with Crippen molar-refractivity contribution in [1.82, 2.24) is 0 Å². The SMILES string of the molecule is C[C@]1(c2ccc(F)c(F)c2)C=CCC1. The van der Waals surface area contributed by atoms with Crippen LogP contribution in [0.15, 0.2) is 30.4 Å². The lowest BCUT2D eigenvalue weighted by atomic mass is 9.82. The van der Waals surface area contributed by atoms with Gasteiger partial charge in [-0.1, -0.05) is 25.1 Å². The van der Waals surface area contributed by atoms with Gasteiger partial charge in [-0.2, -0.15) is 0 Å². The normalized spacial score (nSPS) is 25.6. The summed E-state index contributed by atoms with van der Waals surface area (Å²) in [6, 6.07) is 4.15. The molecule has 0 heterocycles. The third-order valence-electron chi connectivity index (χ3n) is 2.90. The maximum atomic E-state index is 13.0. The lowest BCUT2D eigenvalue weighted by Gasteiger charge is -2.22. The largest absolute Gasteiger partial charge is 0.204 e. The molecule has 74 valence electrons. The van der Waals surface area contributed by atoms with Gasteiger partial charge in [0.25, 0.3) is 0 Å². The molecule has 1 aliphatic rings. The van der Waals surface area contributed by atoms with E-state index in [-0.39, 0.29) is 5.41 Å². The van der Waals surface area contributed by atoms with Gasteiger partial charge < -0.3 is 0 Å². The summed E-state index contributed by atoms with van der Waals surface area (Å²) in [5.41, 5.74) is 0.735. The Morgan fingerprint density at radius 1 is 1.21 bits per heavy atom. The fourth-order valence-corrected chi connectivity index (χ4v) is 1.90. The molecule has 2 heteroatoms. The predicted octanol–water partition coefficient (Wildman–Crippen LogP) is 3.57. The van der Waals surface area contributed by atoms with E-state index in [0.717, 1.165) is 18.4 Å². The van der Waals surface area contributed by atoms with Gasteiger partial charge in [0.05, 0.1) is 0 Å². The molecule has 0 saturated heterocycles. The number of hydrogen-bond acceptors (Lipinski definition) is 0. The van der Waals surface area contributed by atoms with Gasteiger partial charge in [0, 0.05) is 5.41 Å². The second kappa shape index (κ2) is 3.19. The van der Waals surface area contributed by atoms with Crippen LogP contribution < -0.4 is 0 Å². The number of hydrogen-bond donors (Lipinski definition) is 0. The third-order valence-corrected chi connectivity index (χ3v) is 2.90. The zero-order valence-corrected chi connectivity index (χ0v) is 8.06. The first-order valence-electron chi connectivity index (χ1n) is 4.75. The summed E-state index contributed by atoms with van der Waals surface area (Å²) in [4.78, 5) is 0. The van der Waals surface area contributed by atoms with Gasteiger partial charge in [-0.25, -0.2) is 8.78 Å². The monoisotopic (exact) mass is 194 g/mol. The Labute approximate surface area is 82.3 Å². The van der Waals surface area contributed by atoms with E-state index in [1.807, 2.05) is 6.92 Å². The molecule has 0 N–H and O–H groups in total.